The summed E-state index contributed by atoms with van der Waals surface area (Å²) in [5.74, 6) is 0.987. The summed E-state index contributed by atoms with van der Waals surface area (Å²) in [6.45, 7) is 0. The average molecular weight is 356 g/mol. The molecule has 134 valence electrons. The monoisotopic (exact) mass is 356 g/mol. The third kappa shape index (κ3) is 4.13. The highest BCUT2D eigenvalue weighted by Crippen LogP contribution is 2.25. The largest absolute Gasteiger partial charge is 0.438 e. The zero-order valence-electron chi connectivity index (χ0n) is 14.8. The van der Waals surface area contributed by atoms with Crippen molar-refractivity contribution in [1.82, 2.24) is 9.97 Å². The number of nitrogens with zero attached hydrogens (tertiary/aromatic N) is 2. The van der Waals surface area contributed by atoms with E-state index < -0.39 is 6.10 Å². The fourth-order valence-electron chi connectivity index (χ4n) is 3.01. The van der Waals surface area contributed by atoms with Crippen molar-refractivity contribution in [3.63, 3.8) is 0 Å². The second kappa shape index (κ2) is 7.98. The maximum absolute atomic E-state index is 10.4. The molecule has 4 aromatic rings. The van der Waals surface area contributed by atoms with Crippen LogP contribution in [0.5, 0.6) is 0 Å². The highest BCUT2D eigenvalue weighted by atomic mass is 16.4. The number of pyridine rings is 1. The smallest absolute Gasteiger partial charge is 0.223 e. The molecule has 0 saturated heterocycles. The van der Waals surface area contributed by atoms with Gasteiger partial charge in [-0.05, 0) is 41.7 Å². The van der Waals surface area contributed by atoms with Gasteiger partial charge >= 0.3 is 0 Å². The summed E-state index contributed by atoms with van der Waals surface area (Å²) in [6, 6.07) is 22.4. The van der Waals surface area contributed by atoms with Crippen LogP contribution in [-0.2, 0) is 6.42 Å². The van der Waals surface area contributed by atoms with Crippen molar-refractivity contribution in [2.24, 2.45) is 0 Å². The molecule has 2 aromatic carbocycles. The molecular weight excluding hydrogens is 336 g/mol. The zero-order chi connectivity index (χ0) is 18.5. The van der Waals surface area contributed by atoms with Gasteiger partial charge in [0.25, 0.3) is 0 Å². The Morgan fingerprint density at radius 3 is 2.26 bits per heavy atom. The molecule has 2 heterocycles. The van der Waals surface area contributed by atoms with Gasteiger partial charge in [0.15, 0.2) is 5.76 Å². The molecule has 0 radical (unpaired) electrons. The normalized spacial score (nSPS) is 12.0. The van der Waals surface area contributed by atoms with Gasteiger partial charge in [0.1, 0.15) is 6.10 Å². The Kier molecular flexibility index (Phi) is 5.08. The number of rotatable bonds is 6. The Morgan fingerprint density at radius 1 is 0.815 bits per heavy atom. The summed E-state index contributed by atoms with van der Waals surface area (Å²) in [5.41, 5.74) is 4.46. The quantitative estimate of drug-likeness (QED) is 0.524. The van der Waals surface area contributed by atoms with Gasteiger partial charge in [-0.25, -0.2) is 4.98 Å². The van der Waals surface area contributed by atoms with Gasteiger partial charge in [-0.15, -0.1) is 0 Å². The second-order valence-electron chi connectivity index (χ2n) is 6.42. The Bertz CT molecular complexity index is 980. The van der Waals surface area contributed by atoms with Crippen molar-refractivity contribution in [2.75, 3.05) is 0 Å². The zero-order valence-corrected chi connectivity index (χ0v) is 14.8. The predicted molar refractivity (Wildman–Crippen MR) is 105 cm³/mol. The van der Waals surface area contributed by atoms with E-state index in [1.807, 2.05) is 30.3 Å². The SMILES string of the molecule is OC(CCc1ccc(-c2ccccc2)cc1)c1ncc(-c2ccncc2)o1. The van der Waals surface area contributed by atoms with E-state index in [9.17, 15) is 5.11 Å². The van der Waals surface area contributed by atoms with Crippen molar-refractivity contribution in [1.29, 1.82) is 0 Å². The number of hydrogen-bond acceptors (Lipinski definition) is 4. The highest BCUT2D eigenvalue weighted by Gasteiger charge is 2.15. The molecular formula is C23H20N2O2. The Morgan fingerprint density at radius 2 is 1.52 bits per heavy atom. The summed E-state index contributed by atoms with van der Waals surface area (Å²) < 4.78 is 5.71. The lowest BCUT2D eigenvalue weighted by atomic mass is 10.0. The van der Waals surface area contributed by atoms with Crippen LogP contribution in [-0.4, -0.2) is 15.1 Å². The molecule has 0 bridgehead atoms. The van der Waals surface area contributed by atoms with Crippen LogP contribution in [0.3, 0.4) is 0 Å². The molecule has 1 N–H and O–H groups in total. The van der Waals surface area contributed by atoms with Crippen LogP contribution in [0.15, 0.2) is 89.7 Å². The molecule has 0 aliphatic rings. The summed E-state index contributed by atoms with van der Waals surface area (Å²) in [5, 5.41) is 10.4. The molecule has 0 aliphatic heterocycles. The number of aryl methyl sites for hydroxylation is 1. The molecule has 0 spiro atoms. The third-order valence-corrected chi connectivity index (χ3v) is 4.54. The lowest BCUT2D eigenvalue weighted by Crippen LogP contribution is -2.00. The van der Waals surface area contributed by atoms with Gasteiger partial charge in [0, 0.05) is 18.0 Å². The standard InChI is InChI=1S/C23H20N2O2/c26-21(23-25-16-22(27-23)20-12-14-24-15-13-20)11-8-17-6-9-19(10-7-17)18-4-2-1-3-5-18/h1-7,9-10,12-16,21,26H,8,11H2. The molecule has 1 unspecified atom stereocenters. The van der Waals surface area contributed by atoms with Crippen LogP contribution in [0.4, 0.5) is 0 Å². The van der Waals surface area contributed by atoms with Crippen molar-refractivity contribution in [3.8, 4) is 22.5 Å². The minimum absolute atomic E-state index is 0.350. The molecule has 27 heavy (non-hydrogen) atoms. The van der Waals surface area contributed by atoms with Gasteiger partial charge in [-0.3, -0.25) is 4.98 Å². The predicted octanol–water partition coefficient (Wildman–Crippen LogP) is 5.07. The molecule has 0 fully saturated rings. The lowest BCUT2D eigenvalue weighted by molar-refractivity contribution is 0.135. The summed E-state index contributed by atoms with van der Waals surface area (Å²) >= 11 is 0. The molecule has 4 nitrogen and oxygen atoms in total. The van der Waals surface area contributed by atoms with E-state index in [4.69, 9.17) is 4.42 Å². The Balaban J connectivity index is 1.38. The first kappa shape index (κ1) is 17.2. The van der Waals surface area contributed by atoms with Crippen LogP contribution in [0, 0.1) is 0 Å². The van der Waals surface area contributed by atoms with Gasteiger partial charge in [0.2, 0.25) is 5.89 Å². The topological polar surface area (TPSA) is 59.2 Å². The average Bonchev–Trinajstić information content (AvgIpc) is 3.24. The fraction of sp³-hybridized carbons (Fsp3) is 0.130. The molecule has 0 amide bonds. The second-order valence-corrected chi connectivity index (χ2v) is 6.42. The molecule has 4 rings (SSSR count). The van der Waals surface area contributed by atoms with Gasteiger partial charge in [0.05, 0.1) is 6.20 Å². The molecule has 0 saturated carbocycles. The molecule has 4 heteroatoms. The van der Waals surface area contributed by atoms with Gasteiger partial charge < -0.3 is 9.52 Å². The minimum Gasteiger partial charge on any atom is -0.438 e. The summed E-state index contributed by atoms with van der Waals surface area (Å²) in [6.07, 6.45) is 5.63. The van der Waals surface area contributed by atoms with E-state index in [1.54, 1.807) is 18.6 Å². The Labute approximate surface area is 158 Å². The van der Waals surface area contributed by atoms with E-state index in [-0.39, 0.29) is 0 Å². The van der Waals surface area contributed by atoms with Crippen molar-refractivity contribution in [2.45, 2.75) is 18.9 Å². The number of aliphatic hydroxyl groups is 1. The van der Waals surface area contributed by atoms with Gasteiger partial charge in [-0.1, -0.05) is 54.6 Å². The van der Waals surface area contributed by atoms with E-state index in [0.717, 1.165) is 12.0 Å². The van der Waals surface area contributed by atoms with E-state index in [0.29, 0.717) is 18.1 Å². The first-order valence-electron chi connectivity index (χ1n) is 8.98. The van der Waals surface area contributed by atoms with Crippen molar-refractivity contribution in [3.05, 3.63) is 96.8 Å². The van der Waals surface area contributed by atoms with Crippen molar-refractivity contribution < 1.29 is 9.52 Å². The van der Waals surface area contributed by atoms with Crippen LogP contribution in [0.2, 0.25) is 0 Å². The number of oxazole rings is 1. The summed E-state index contributed by atoms with van der Waals surface area (Å²) in [4.78, 5) is 8.21. The van der Waals surface area contributed by atoms with Crippen LogP contribution in [0.1, 0.15) is 24.0 Å². The number of benzene rings is 2. The Hall–Kier alpha value is -3.24. The lowest BCUT2D eigenvalue weighted by Gasteiger charge is -2.08. The maximum atomic E-state index is 10.4. The van der Waals surface area contributed by atoms with E-state index in [1.165, 1.54) is 16.7 Å². The van der Waals surface area contributed by atoms with Crippen LogP contribution in [0.25, 0.3) is 22.5 Å². The maximum Gasteiger partial charge on any atom is 0.223 e. The number of aliphatic hydroxyl groups excluding tert-OH is 1. The van der Waals surface area contributed by atoms with E-state index >= 15 is 0 Å². The van der Waals surface area contributed by atoms with Crippen LogP contribution >= 0.6 is 0 Å². The van der Waals surface area contributed by atoms with Crippen molar-refractivity contribution >= 4 is 0 Å². The molecule has 0 aliphatic carbocycles. The first-order chi connectivity index (χ1) is 13.3. The number of aromatic nitrogens is 2. The summed E-state index contributed by atoms with van der Waals surface area (Å²) in [7, 11) is 0. The number of hydrogen-bond donors (Lipinski definition) is 1. The van der Waals surface area contributed by atoms with Gasteiger partial charge in [-0.2, -0.15) is 0 Å². The highest BCUT2D eigenvalue weighted by molar-refractivity contribution is 5.63. The first-order valence-corrected chi connectivity index (χ1v) is 8.98. The molecule has 1 atom stereocenters. The van der Waals surface area contributed by atoms with E-state index in [2.05, 4.69) is 46.4 Å². The third-order valence-electron chi connectivity index (χ3n) is 4.54. The fourth-order valence-corrected chi connectivity index (χ4v) is 3.01. The molecule has 2 aromatic heterocycles. The van der Waals surface area contributed by atoms with Crippen LogP contribution < -0.4 is 0 Å². The minimum atomic E-state index is -0.727.